The van der Waals surface area contributed by atoms with Crippen molar-refractivity contribution in [3.05, 3.63) is 65.7 Å². The first-order valence-corrected chi connectivity index (χ1v) is 10.6. The normalized spacial score (nSPS) is 22.6. The van der Waals surface area contributed by atoms with Crippen molar-refractivity contribution in [2.75, 3.05) is 12.9 Å². The minimum atomic E-state index is 0.304. The molecule has 0 amide bonds. The molecule has 0 aliphatic carbocycles. The van der Waals surface area contributed by atoms with Crippen LogP contribution in [0.3, 0.4) is 0 Å². The Balaban J connectivity index is 1.81. The fraction of sp³-hybridized carbons (Fsp3) is 0.333. The van der Waals surface area contributed by atoms with Gasteiger partial charge >= 0.3 is 143 Å². The van der Waals surface area contributed by atoms with Crippen LogP contribution in [0.2, 0.25) is 4.82 Å². The van der Waals surface area contributed by atoms with E-state index in [-0.39, 0.29) is 0 Å². The summed E-state index contributed by atoms with van der Waals surface area (Å²) in [6.07, 6.45) is 2.18. The first-order chi connectivity index (χ1) is 10.8. The van der Waals surface area contributed by atoms with Gasteiger partial charge in [0.2, 0.25) is 0 Å². The first-order valence-electron chi connectivity index (χ1n) is 7.50. The van der Waals surface area contributed by atoms with E-state index in [4.69, 9.17) is 4.84 Å². The SMILES string of the molecule is CS[C@@H](C)c1ccccc1[Se]C1CONC1c1ccccc1. The van der Waals surface area contributed by atoms with Crippen molar-refractivity contribution in [1.29, 1.82) is 0 Å². The van der Waals surface area contributed by atoms with E-state index in [9.17, 15) is 0 Å². The second-order valence-corrected chi connectivity index (χ2v) is 9.26. The van der Waals surface area contributed by atoms with Gasteiger partial charge in [0, 0.05) is 0 Å². The zero-order valence-corrected chi connectivity index (χ0v) is 15.4. The Morgan fingerprint density at radius 2 is 1.86 bits per heavy atom. The summed E-state index contributed by atoms with van der Waals surface area (Å²) >= 11 is 2.30. The molecule has 2 aromatic rings. The number of hydroxylamine groups is 1. The minimum absolute atomic E-state index is 0.304. The van der Waals surface area contributed by atoms with Crippen LogP contribution in [0.25, 0.3) is 0 Å². The van der Waals surface area contributed by atoms with Crippen LogP contribution in [0.4, 0.5) is 0 Å². The van der Waals surface area contributed by atoms with E-state index in [2.05, 4.69) is 73.3 Å². The third kappa shape index (κ3) is 3.58. The Labute approximate surface area is 143 Å². The fourth-order valence-corrected chi connectivity index (χ4v) is 6.11. The van der Waals surface area contributed by atoms with Gasteiger partial charge in [-0.05, 0) is 0 Å². The Kier molecular flexibility index (Phi) is 5.61. The zero-order chi connectivity index (χ0) is 15.4. The number of hydrogen-bond donors (Lipinski definition) is 1. The second kappa shape index (κ2) is 7.67. The maximum absolute atomic E-state index is 5.58. The molecule has 3 atom stereocenters. The average Bonchev–Trinajstić information content (AvgIpc) is 3.03. The van der Waals surface area contributed by atoms with Crippen molar-refractivity contribution >= 4 is 31.2 Å². The molecule has 0 saturated carbocycles. The number of hydrogen-bond acceptors (Lipinski definition) is 3. The predicted octanol–water partition coefficient (Wildman–Crippen LogP) is 3.50. The first kappa shape index (κ1) is 16.1. The van der Waals surface area contributed by atoms with Gasteiger partial charge in [-0.15, -0.1) is 0 Å². The summed E-state index contributed by atoms with van der Waals surface area (Å²) in [5.41, 5.74) is 6.02. The Morgan fingerprint density at radius 3 is 2.64 bits per heavy atom. The van der Waals surface area contributed by atoms with E-state index in [1.807, 2.05) is 11.8 Å². The van der Waals surface area contributed by atoms with E-state index in [1.54, 1.807) is 0 Å². The average molecular weight is 378 g/mol. The zero-order valence-electron chi connectivity index (χ0n) is 12.9. The molecule has 0 aromatic heterocycles. The van der Waals surface area contributed by atoms with E-state index < -0.39 is 0 Å². The van der Waals surface area contributed by atoms with Crippen molar-refractivity contribution in [2.24, 2.45) is 0 Å². The molecular formula is C18H21NOSSe. The predicted molar refractivity (Wildman–Crippen MR) is 95.8 cm³/mol. The third-order valence-corrected chi connectivity index (χ3v) is 7.74. The van der Waals surface area contributed by atoms with Crippen molar-refractivity contribution in [3.63, 3.8) is 0 Å². The topological polar surface area (TPSA) is 21.3 Å². The summed E-state index contributed by atoms with van der Waals surface area (Å²) < 4.78 is 1.51. The molecule has 1 fully saturated rings. The molecule has 0 radical (unpaired) electrons. The summed E-state index contributed by atoms with van der Waals surface area (Å²) in [5.74, 6) is 0. The quantitative estimate of drug-likeness (QED) is 0.805. The standard InChI is InChI=1S/C18H21NOSSe/c1-13(21-2)15-10-6-7-11-16(15)22-17-12-20-19-18(17)14-8-4-3-5-9-14/h3-11,13,17-19H,12H2,1-2H3/t13-,17?,18?/m0/s1. The van der Waals surface area contributed by atoms with Crippen molar-refractivity contribution < 1.29 is 4.84 Å². The van der Waals surface area contributed by atoms with Gasteiger partial charge in [-0.25, -0.2) is 0 Å². The van der Waals surface area contributed by atoms with Crippen LogP contribution in [0.1, 0.15) is 29.3 Å². The van der Waals surface area contributed by atoms with Crippen molar-refractivity contribution in [1.82, 2.24) is 5.48 Å². The van der Waals surface area contributed by atoms with Crippen LogP contribution in [0.15, 0.2) is 54.6 Å². The van der Waals surface area contributed by atoms with Gasteiger partial charge in [0.15, 0.2) is 0 Å². The molecule has 22 heavy (non-hydrogen) atoms. The van der Waals surface area contributed by atoms with E-state index in [1.165, 1.54) is 15.6 Å². The molecule has 2 nitrogen and oxygen atoms in total. The third-order valence-electron chi connectivity index (χ3n) is 3.98. The molecule has 4 heteroatoms. The molecule has 1 heterocycles. The maximum atomic E-state index is 5.58. The van der Waals surface area contributed by atoms with E-state index in [0.717, 1.165) is 6.61 Å². The number of nitrogens with one attached hydrogen (secondary N) is 1. The molecule has 2 aromatic carbocycles. The van der Waals surface area contributed by atoms with Gasteiger partial charge in [-0.2, -0.15) is 0 Å². The Morgan fingerprint density at radius 1 is 1.14 bits per heavy atom. The molecule has 1 saturated heterocycles. The van der Waals surface area contributed by atoms with E-state index in [0.29, 0.717) is 31.1 Å². The van der Waals surface area contributed by atoms with Gasteiger partial charge in [0.1, 0.15) is 0 Å². The van der Waals surface area contributed by atoms with Crippen LogP contribution in [0, 0.1) is 0 Å². The van der Waals surface area contributed by atoms with Gasteiger partial charge in [0.05, 0.1) is 0 Å². The van der Waals surface area contributed by atoms with Crippen LogP contribution >= 0.6 is 11.8 Å². The van der Waals surface area contributed by atoms with Crippen molar-refractivity contribution in [3.8, 4) is 0 Å². The van der Waals surface area contributed by atoms with Crippen LogP contribution in [0.5, 0.6) is 0 Å². The molecule has 3 rings (SSSR count). The van der Waals surface area contributed by atoms with Crippen LogP contribution in [-0.4, -0.2) is 27.8 Å². The molecule has 1 N–H and O–H groups in total. The molecule has 0 spiro atoms. The molecule has 1 aliphatic rings. The van der Waals surface area contributed by atoms with Crippen molar-refractivity contribution in [2.45, 2.75) is 23.0 Å². The number of thioether (sulfide) groups is 1. The van der Waals surface area contributed by atoms with Crippen LogP contribution in [-0.2, 0) is 4.84 Å². The molecule has 2 unspecified atom stereocenters. The molecule has 1 aliphatic heterocycles. The summed E-state index contributed by atoms with van der Waals surface area (Å²) in [5, 5.41) is 0.545. The monoisotopic (exact) mass is 379 g/mol. The molecular weight excluding hydrogens is 357 g/mol. The second-order valence-electron chi connectivity index (χ2n) is 5.39. The molecule has 0 bridgehead atoms. The fourth-order valence-electron chi connectivity index (χ4n) is 2.65. The summed E-state index contributed by atoms with van der Waals surface area (Å²) in [4.78, 5) is 6.12. The van der Waals surface area contributed by atoms with Gasteiger partial charge in [0.25, 0.3) is 0 Å². The Bertz CT molecular complexity index is 607. The Hall–Kier alpha value is -0.771. The van der Waals surface area contributed by atoms with Crippen LogP contribution < -0.4 is 9.94 Å². The van der Waals surface area contributed by atoms with Gasteiger partial charge in [-0.3, -0.25) is 0 Å². The summed E-state index contributed by atoms with van der Waals surface area (Å²) in [6, 6.07) is 19.8. The summed E-state index contributed by atoms with van der Waals surface area (Å²) in [6.45, 7) is 3.08. The van der Waals surface area contributed by atoms with Gasteiger partial charge < -0.3 is 0 Å². The number of benzene rings is 2. The molecule has 116 valence electrons. The van der Waals surface area contributed by atoms with Gasteiger partial charge in [-0.1, -0.05) is 0 Å². The van der Waals surface area contributed by atoms with E-state index >= 15 is 0 Å². The number of rotatable bonds is 5. The summed E-state index contributed by atoms with van der Waals surface area (Å²) in [7, 11) is 0.